The second-order valence-corrected chi connectivity index (χ2v) is 8.64. The normalized spacial score (nSPS) is 11.6. The van der Waals surface area contributed by atoms with Crippen molar-refractivity contribution in [1.29, 1.82) is 0 Å². The van der Waals surface area contributed by atoms with Crippen LogP contribution in [0.5, 0.6) is 0 Å². The van der Waals surface area contributed by atoms with Crippen molar-refractivity contribution < 1.29 is 23.3 Å². The molecule has 0 fully saturated rings. The zero-order chi connectivity index (χ0) is 23.4. The van der Waals surface area contributed by atoms with Crippen LogP contribution < -0.4 is 10.6 Å². The predicted molar refractivity (Wildman–Crippen MR) is 115 cm³/mol. The number of amides is 2. The topological polar surface area (TPSA) is 114 Å². The number of carbonyl (C=O) groups excluding carboxylic acids is 2. The van der Waals surface area contributed by atoms with Gasteiger partial charge in [0.2, 0.25) is 5.91 Å². The van der Waals surface area contributed by atoms with Gasteiger partial charge in [-0.1, -0.05) is 17.8 Å². The average molecular weight is 479 g/mol. The van der Waals surface area contributed by atoms with Crippen LogP contribution in [0.25, 0.3) is 0 Å². The molecule has 1 atom stereocenters. The second kappa shape index (κ2) is 9.83. The van der Waals surface area contributed by atoms with E-state index in [1.165, 1.54) is 30.5 Å². The number of aryl methyl sites for hydroxylation is 1. The Hall–Kier alpha value is -3.38. The third kappa shape index (κ3) is 5.26. The van der Waals surface area contributed by atoms with Gasteiger partial charge in [-0.05, 0) is 36.8 Å². The van der Waals surface area contributed by atoms with E-state index >= 15 is 0 Å². The Balaban J connectivity index is 1.89. The van der Waals surface area contributed by atoms with Crippen LogP contribution >= 0.6 is 23.1 Å². The molecule has 12 heteroatoms. The number of hydrogen-bond donors (Lipinski definition) is 2. The molecule has 2 amide bonds. The largest absolute Gasteiger partial charge is 0.357 e. The summed E-state index contributed by atoms with van der Waals surface area (Å²) in [5.41, 5.74) is 0.415. The molecule has 0 saturated heterocycles. The Bertz CT molecular complexity index is 1200. The van der Waals surface area contributed by atoms with Crippen LogP contribution in [0.15, 0.2) is 51.0 Å². The second-order valence-electron chi connectivity index (χ2n) is 6.49. The van der Waals surface area contributed by atoms with Crippen LogP contribution in [0.3, 0.4) is 0 Å². The van der Waals surface area contributed by atoms with Gasteiger partial charge in [-0.15, -0.1) is 11.3 Å². The summed E-state index contributed by atoms with van der Waals surface area (Å²) in [4.78, 5) is 40.5. The van der Waals surface area contributed by atoms with Gasteiger partial charge in [-0.3, -0.25) is 19.7 Å². The van der Waals surface area contributed by atoms with Gasteiger partial charge in [0.25, 0.3) is 11.6 Å². The van der Waals surface area contributed by atoms with Crippen molar-refractivity contribution in [3.8, 4) is 0 Å². The molecular weight excluding hydrogens is 462 g/mol. The number of nitro benzene ring substituents is 1. The molecule has 0 aliphatic carbocycles. The van der Waals surface area contributed by atoms with Gasteiger partial charge in [-0.2, -0.15) is 0 Å². The van der Waals surface area contributed by atoms with Crippen LogP contribution in [0.4, 0.5) is 14.5 Å². The third-order valence-corrected chi connectivity index (χ3v) is 6.40. The Morgan fingerprint density at radius 1 is 1.19 bits per heavy atom. The zero-order valence-electron chi connectivity index (χ0n) is 16.7. The molecular formula is C20H16F2N4O4S2. The maximum atomic E-state index is 13.6. The molecule has 0 aliphatic rings. The summed E-state index contributed by atoms with van der Waals surface area (Å²) in [5.74, 6) is -3.76. The molecule has 166 valence electrons. The van der Waals surface area contributed by atoms with Gasteiger partial charge in [0.15, 0.2) is 16.0 Å². The highest BCUT2D eigenvalue weighted by Crippen LogP contribution is 2.36. The number of halogens is 2. The molecule has 0 spiro atoms. The van der Waals surface area contributed by atoms with Crippen molar-refractivity contribution in [3.63, 3.8) is 0 Å². The number of nitrogens with zero attached hydrogens (tertiary/aromatic N) is 2. The molecule has 2 aromatic carbocycles. The van der Waals surface area contributed by atoms with Gasteiger partial charge in [-0.25, -0.2) is 13.8 Å². The number of nitrogens with one attached hydrogen (secondary N) is 2. The average Bonchev–Trinajstić information content (AvgIpc) is 3.18. The number of aromatic nitrogens is 1. The first-order valence-corrected chi connectivity index (χ1v) is 10.7. The highest BCUT2D eigenvalue weighted by Gasteiger charge is 2.25. The van der Waals surface area contributed by atoms with Gasteiger partial charge < -0.3 is 10.6 Å². The van der Waals surface area contributed by atoms with E-state index < -0.39 is 34.4 Å². The fourth-order valence-corrected chi connectivity index (χ4v) is 4.59. The van der Waals surface area contributed by atoms with Gasteiger partial charge in [0, 0.05) is 29.8 Å². The van der Waals surface area contributed by atoms with Crippen molar-refractivity contribution in [2.45, 2.75) is 22.2 Å². The standard InChI is InChI=1S/C20H16F2N4O4S2/c1-10-9-31-20(24-10)32-16-6-4-12(8-15(16)26(29)30)18(27)25-17(19(28)23-2)11-3-5-13(21)14(22)7-11/h3-9,17H,1-2H3,(H,23,28)(H,25,27). The Kier molecular flexibility index (Phi) is 7.15. The molecule has 3 aromatic rings. The maximum absolute atomic E-state index is 13.6. The van der Waals surface area contributed by atoms with Crippen LogP contribution in [-0.2, 0) is 4.79 Å². The minimum atomic E-state index is -1.34. The van der Waals surface area contributed by atoms with Gasteiger partial charge in [0.1, 0.15) is 6.04 Å². The zero-order valence-corrected chi connectivity index (χ0v) is 18.4. The van der Waals surface area contributed by atoms with Crippen molar-refractivity contribution >= 4 is 40.6 Å². The first kappa shape index (κ1) is 23.3. The first-order valence-electron chi connectivity index (χ1n) is 9.05. The number of hydrogen-bond acceptors (Lipinski definition) is 7. The van der Waals surface area contributed by atoms with E-state index in [1.54, 1.807) is 6.92 Å². The van der Waals surface area contributed by atoms with E-state index in [0.29, 0.717) is 9.24 Å². The van der Waals surface area contributed by atoms with Crippen LogP contribution in [0.2, 0.25) is 0 Å². The minimum absolute atomic E-state index is 0.0115. The monoisotopic (exact) mass is 478 g/mol. The molecule has 0 bridgehead atoms. The molecule has 1 aromatic heterocycles. The lowest BCUT2D eigenvalue weighted by molar-refractivity contribution is -0.387. The number of carbonyl (C=O) groups is 2. The first-order chi connectivity index (χ1) is 15.2. The number of benzene rings is 2. The van der Waals surface area contributed by atoms with E-state index in [0.717, 1.165) is 41.7 Å². The summed E-state index contributed by atoms with van der Waals surface area (Å²) in [5, 5.41) is 18.1. The lowest BCUT2D eigenvalue weighted by Gasteiger charge is -2.18. The predicted octanol–water partition coefficient (Wildman–Crippen LogP) is 4.01. The smallest absolute Gasteiger partial charge is 0.284 e. The number of likely N-dealkylation sites (N-methyl/N-ethyl adjacent to an activating group) is 1. The van der Waals surface area contributed by atoms with Crippen LogP contribution in [-0.4, -0.2) is 28.8 Å². The lowest BCUT2D eigenvalue weighted by atomic mass is 10.0. The Labute approximate surface area is 189 Å². The maximum Gasteiger partial charge on any atom is 0.284 e. The molecule has 2 N–H and O–H groups in total. The molecule has 8 nitrogen and oxygen atoms in total. The number of nitro groups is 1. The summed E-state index contributed by atoms with van der Waals surface area (Å²) in [6.07, 6.45) is 0. The third-order valence-electron chi connectivity index (χ3n) is 4.27. The summed E-state index contributed by atoms with van der Waals surface area (Å²) in [6.45, 7) is 1.80. The van der Waals surface area contributed by atoms with Crippen molar-refractivity contribution in [2.75, 3.05) is 7.05 Å². The SMILES string of the molecule is CNC(=O)C(NC(=O)c1ccc(Sc2nc(C)cs2)c([N+](=O)[O-])c1)c1ccc(F)c(F)c1. The van der Waals surface area contributed by atoms with E-state index in [9.17, 15) is 28.5 Å². The van der Waals surface area contributed by atoms with E-state index in [-0.39, 0.29) is 16.8 Å². The molecule has 1 unspecified atom stereocenters. The highest BCUT2D eigenvalue weighted by molar-refractivity contribution is 8.01. The minimum Gasteiger partial charge on any atom is -0.357 e. The Morgan fingerprint density at radius 3 is 2.53 bits per heavy atom. The number of rotatable bonds is 7. The summed E-state index contributed by atoms with van der Waals surface area (Å²) in [6, 6.07) is 5.34. The van der Waals surface area contributed by atoms with Crippen molar-refractivity contribution in [2.24, 2.45) is 0 Å². The summed E-state index contributed by atoms with van der Waals surface area (Å²) < 4.78 is 27.5. The summed E-state index contributed by atoms with van der Waals surface area (Å²) >= 11 is 2.44. The lowest BCUT2D eigenvalue weighted by Crippen LogP contribution is -2.39. The molecule has 0 aliphatic heterocycles. The highest BCUT2D eigenvalue weighted by atomic mass is 32.2. The quantitative estimate of drug-likeness (QED) is 0.392. The fourth-order valence-electron chi connectivity index (χ4n) is 2.71. The van der Waals surface area contributed by atoms with Crippen molar-refractivity contribution in [1.82, 2.24) is 15.6 Å². The Morgan fingerprint density at radius 2 is 1.94 bits per heavy atom. The van der Waals surface area contributed by atoms with Gasteiger partial charge in [0.05, 0.1) is 9.82 Å². The van der Waals surface area contributed by atoms with Crippen LogP contribution in [0.1, 0.15) is 27.7 Å². The fraction of sp³-hybridized carbons (Fsp3) is 0.150. The van der Waals surface area contributed by atoms with Crippen molar-refractivity contribution in [3.05, 3.63) is 80.3 Å². The number of thiazole rings is 1. The van der Waals surface area contributed by atoms with Crippen LogP contribution in [0, 0.1) is 28.7 Å². The molecule has 0 radical (unpaired) electrons. The molecule has 3 rings (SSSR count). The summed E-state index contributed by atoms with van der Waals surface area (Å²) in [7, 11) is 1.32. The van der Waals surface area contributed by atoms with E-state index in [4.69, 9.17) is 0 Å². The van der Waals surface area contributed by atoms with E-state index in [1.807, 2.05) is 5.38 Å². The van der Waals surface area contributed by atoms with E-state index in [2.05, 4.69) is 15.6 Å². The molecule has 32 heavy (non-hydrogen) atoms. The molecule has 1 heterocycles. The van der Waals surface area contributed by atoms with Gasteiger partial charge >= 0.3 is 0 Å². The molecule has 0 saturated carbocycles.